The van der Waals surface area contributed by atoms with Crippen molar-refractivity contribution in [2.45, 2.75) is 25.0 Å². The van der Waals surface area contributed by atoms with Gasteiger partial charge in [-0.2, -0.15) is 4.98 Å². The number of benzene rings is 2. The Balaban J connectivity index is 1.44. The van der Waals surface area contributed by atoms with Crippen LogP contribution in [-0.2, 0) is 21.2 Å². The van der Waals surface area contributed by atoms with Gasteiger partial charge in [-0.1, -0.05) is 24.3 Å². The molecule has 1 aliphatic rings. The van der Waals surface area contributed by atoms with Crippen LogP contribution in [0.15, 0.2) is 60.7 Å². The second kappa shape index (κ2) is 10.8. The molecular formula is C28H29FN6O4S. The maximum absolute atomic E-state index is 13.3. The van der Waals surface area contributed by atoms with Crippen LogP contribution in [0.2, 0.25) is 0 Å². The van der Waals surface area contributed by atoms with Gasteiger partial charge in [-0.25, -0.2) is 22.8 Å². The van der Waals surface area contributed by atoms with Crippen LogP contribution in [0.3, 0.4) is 0 Å². The Morgan fingerprint density at radius 3 is 2.38 bits per heavy atom. The lowest BCUT2D eigenvalue weighted by atomic mass is 10.1. The zero-order valence-corrected chi connectivity index (χ0v) is 22.9. The maximum atomic E-state index is 13.3. The van der Waals surface area contributed by atoms with Crippen LogP contribution in [0.4, 0.5) is 21.8 Å². The summed E-state index contributed by atoms with van der Waals surface area (Å²) in [7, 11) is -1.46. The number of anilines is 3. The Bertz CT molecular complexity index is 1660. The Hall–Kier alpha value is -4.16. The minimum absolute atomic E-state index is 0.0602. The Labute approximate surface area is 231 Å². The van der Waals surface area contributed by atoms with Crippen molar-refractivity contribution in [3.8, 4) is 11.3 Å². The highest BCUT2D eigenvalue weighted by molar-refractivity contribution is 7.90. The van der Waals surface area contributed by atoms with E-state index in [0.717, 1.165) is 11.1 Å². The number of sulfone groups is 1. The molecule has 2 aromatic carbocycles. The molecule has 1 fully saturated rings. The number of carbonyl (C=O) groups excluding carboxylic acids is 1. The third-order valence-electron chi connectivity index (χ3n) is 6.63. The quantitative estimate of drug-likeness (QED) is 0.265. The lowest BCUT2D eigenvalue weighted by Crippen LogP contribution is -2.29. The number of nitrogens with one attached hydrogen (secondary N) is 2. The van der Waals surface area contributed by atoms with Crippen molar-refractivity contribution in [2.24, 2.45) is 0 Å². The summed E-state index contributed by atoms with van der Waals surface area (Å²) in [5.74, 6) is -0.0101. The number of nitrogens with zero attached hydrogens (tertiary/aromatic N) is 4. The second-order valence-electron chi connectivity index (χ2n) is 10.0. The maximum Gasteiger partial charge on any atom is 0.256 e. The van der Waals surface area contributed by atoms with Crippen molar-refractivity contribution < 1.29 is 22.7 Å². The van der Waals surface area contributed by atoms with Gasteiger partial charge in [0.15, 0.2) is 5.82 Å². The number of hydrogen-bond donors (Lipinski definition) is 3. The molecule has 3 N–H and O–H groups in total. The van der Waals surface area contributed by atoms with E-state index < -0.39 is 21.3 Å². The largest absolute Gasteiger partial charge is 0.380 e. The van der Waals surface area contributed by atoms with Gasteiger partial charge >= 0.3 is 0 Å². The number of amides is 1. The minimum Gasteiger partial charge on any atom is -0.380 e. The summed E-state index contributed by atoms with van der Waals surface area (Å²) < 4.78 is 36.9. The van der Waals surface area contributed by atoms with Gasteiger partial charge in [-0.05, 0) is 54.8 Å². The zero-order valence-electron chi connectivity index (χ0n) is 22.1. The number of carbonyl (C=O) groups is 1. The summed E-state index contributed by atoms with van der Waals surface area (Å²) in [4.78, 5) is 27.9. The fourth-order valence-corrected chi connectivity index (χ4v) is 4.62. The van der Waals surface area contributed by atoms with E-state index in [1.54, 1.807) is 36.2 Å². The molecule has 2 aromatic heterocycles. The second-order valence-corrected chi connectivity index (χ2v) is 12.3. The van der Waals surface area contributed by atoms with Gasteiger partial charge in [0, 0.05) is 37.6 Å². The summed E-state index contributed by atoms with van der Waals surface area (Å²) in [5, 5.41) is 15.9. The Morgan fingerprint density at radius 1 is 1.02 bits per heavy atom. The molecule has 4 aromatic rings. The first-order valence-electron chi connectivity index (χ1n) is 12.7. The summed E-state index contributed by atoms with van der Waals surface area (Å²) in [6.45, 7) is 0.569. The molecule has 0 saturated heterocycles. The molecular weight excluding hydrogens is 535 g/mol. The molecule has 5 rings (SSSR count). The van der Waals surface area contributed by atoms with Crippen LogP contribution < -0.4 is 15.5 Å². The van der Waals surface area contributed by atoms with Gasteiger partial charge in [0.05, 0.1) is 17.0 Å². The molecule has 208 valence electrons. The fraction of sp³-hybridized carbons (Fsp3) is 0.286. The van der Waals surface area contributed by atoms with Crippen LogP contribution in [0.5, 0.6) is 0 Å². The standard InChI is InChI=1S/C28H29FN6O4S/c1-35(15-16-40(2,38)39)25-24-23(33-27(34-25)30-17-18-3-7-20(29)8-4-18)12-11-22(32-24)19-5-9-21(10-6-19)31-26(36)28(37)13-14-28/h3-12,37H,13-17H2,1-2H3,(H,31,36)(H,30,33,34). The van der Waals surface area contributed by atoms with Crippen LogP contribution in [0.1, 0.15) is 18.4 Å². The average molecular weight is 565 g/mol. The van der Waals surface area contributed by atoms with Crippen molar-refractivity contribution in [3.63, 3.8) is 0 Å². The van der Waals surface area contributed by atoms with E-state index in [-0.39, 0.29) is 18.1 Å². The smallest absolute Gasteiger partial charge is 0.256 e. The molecule has 0 bridgehead atoms. The van der Waals surface area contributed by atoms with Crippen LogP contribution in [0, 0.1) is 5.82 Å². The molecule has 40 heavy (non-hydrogen) atoms. The van der Waals surface area contributed by atoms with E-state index in [9.17, 15) is 22.7 Å². The first-order valence-corrected chi connectivity index (χ1v) is 14.8. The fourth-order valence-electron chi connectivity index (χ4n) is 4.01. The summed E-state index contributed by atoms with van der Waals surface area (Å²) >= 11 is 0. The van der Waals surface area contributed by atoms with Crippen molar-refractivity contribution in [1.82, 2.24) is 15.0 Å². The third kappa shape index (κ3) is 6.52. The van der Waals surface area contributed by atoms with Crippen LogP contribution in [-0.4, -0.2) is 65.6 Å². The topological polar surface area (TPSA) is 137 Å². The highest BCUT2D eigenvalue weighted by Crippen LogP contribution is 2.36. The SMILES string of the molecule is CN(CCS(C)(=O)=O)c1nc(NCc2ccc(F)cc2)nc2ccc(-c3ccc(NC(=O)C4(O)CC4)cc3)nc12. The number of fused-ring (bicyclic) bond motifs is 1. The van der Waals surface area contributed by atoms with E-state index in [4.69, 9.17) is 4.98 Å². The van der Waals surface area contributed by atoms with E-state index in [1.807, 2.05) is 24.3 Å². The lowest BCUT2D eigenvalue weighted by molar-refractivity contribution is -0.125. The molecule has 0 unspecified atom stereocenters. The van der Waals surface area contributed by atoms with Crippen molar-refractivity contribution in [3.05, 3.63) is 72.0 Å². The number of rotatable bonds is 10. The molecule has 0 radical (unpaired) electrons. The van der Waals surface area contributed by atoms with E-state index in [0.29, 0.717) is 53.6 Å². The van der Waals surface area contributed by atoms with Gasteiger partial charge in [0.1, 0.15) is 26.8 Å². The van der Waals surface area contributed by atoms with Crippen LogP contribution >= 0.6 is 0 Å². The summed E-state index contributed by atoms with van der Waals surface area (Å²) in [6, 6.07) is 16.8. The lowest BCUT2D eigenvalue weighted by Gasteiger charge is -2.20. The highest BCUT2D eigenvalue weighted by atomic mass is 32.2. The molecule has 2 heterocycles. The van der Waals surface area contributed by atoms with Gasteiger partial charge < -0.3 is 20.6 Å². The number of pyridine rings is 1. The average Bonchev–Trinajstić information content (AvgIpc) is 3.69. The molecule has 0 aliphatic heterocycles. The first-order chi connectivity index (χ1) is 19.0. The normalized spacial score (nSPS) is 14.1. The van der Waals surface area contributed by atoms with Gasteiger partial charge in [-0.3, -0.25) is 4.79 Å². The molecule has 0 atom stereocenters. The molecule has 10 nitrogen and oxygen atoms in total. The number of aromatic nitrogens is 3. The summed E-state index contributed by atoms with van der Waals surface area (Å²) in [5.41, 5.74) is 2.63. The molecule has 1 saturated carbocycles. The highest BCUT2D eigenvalue weighted by Gasteiger charge is 2.48. The van der Waals surface area contributed by atoms with Crippen LogP contribution in [0.25, 0.3) is 22.3 Å². The minimum atomic E-state index is -3.21. The van der Waals surface area contributed by atoms with Gasteiger partial charge in [0.2, 0.25) is 5.95 Å². The predicted octanol–water partition coefficient (Wildman–Crippen LogP) is 3.39. The van der Waals surface area contributed by atoms with E-state index >= 15 is 0 Å². The van der Waals surface area contributed by atoms with E-state index in [2.05, 4.69) is 20.6 Å². The van der Waals surface area contributed by atoms with Crippen molar-refractivity contribution >= 4 is 44.2 Å². The monoisotopic (exact) mass is 564 g/mol. The number of hydrogen-bond acceptors (Lipinski definition) is 9. The molecule has 1 aliphatic carbocycles. The molecule has 1 amide bonds. The van der Waals surface area contributed by atoms with Crippen molar-refractivity contribution in [2.75, 3.05) is 41.1 Å². The first kappa shape index (κ1) is 27.4. The number of aliphatic hydroxyl groups is 1. The van der Waals surface area contributed by atoms with Crippen molar-refractivity contribution in [1.29, 1.82) is 0 Å². The predicted molar refractivity (Wildman–Crippen MR) is 152 cm³/mol. The summed E-state index contributed by atoms with van der Waals surface area (Å²) in [6.07, 6.45) is 2.11. The Morgan fingerprint density at radius 2 is 1.73 bits per heavy atom. The molecule has 0 spiro atoms. The van der Waals surface area contributed by atoms with E-state index in [1.165, 1.54) is 18.4 Å². The van der Waals surface area contributed by atoms with Gasteiger partial charge in [-0.15, -0.1) is 0 Å². The Kier molecular flexibility index (Phi) is 7.39. The van der Waals surface area contributed by atoms with Gasteiger partial charge in [0.25, 0.3) is 5.91 Å². The molecule has 12 heteroatoms. The third-order valence-corrected chi connectivity index (χ3v) is 7.56. The zero-order chi connectivity index (χ0) is 28.5. The number of halogens is 1.